The van der Waals surface area contributed by atoms with Gasteiger partial charge in [-0.25, -0.2) is 13.2 Å². The molecule has 136 valence electrons. The average molecular weight is 405 g/mol. The maximum atomic E-state index is 13.5. The van der Waals surface area contributed by atoms with Gasteiger partial charge in [0.2, 0.25) is 0 Å². The van der Waals surface area contributed by atoms with Crippen LogP contribution in [0.4, 0.5) is 32.0 Å². The van der Waals surface area contributed by atoms with Gasteiger partial charge in [-0.2, -0.15) is 13.2 Å². The van der Waals surface area contributed by atoms with Crippen molar-refractivity contribution >= 4 is 34.5 Å². The first-order valence-electron chi connectivity index (χ1n) is 6.35. The quantitative estimate of drug-likeness (QED) is 0.775. The highest BCUT2D eigenvalue weighted by Crippen LogP contribution is 2.40. The molecule has 0 radical (unpaired) electrons. The minimum absolute atomic E-state index is 0.0647. The lowest BCUT2D eigenvalue weighted by atomic mass is 10.3. The van der Waals surface area contributed by atoms with Crippen molar-refractivity contribution < 1.29 is 31.1 Å². The summed E-state index contributed by atoms with van der Waals surface area (Å²) in [7, 11) is 0. The Morgan fingerprint density at radius 1 is 1.32 bits per heavy atom. The molecule has 0 atom stereocenters. The maximum absolute atomic E-state index is 13.5. The van der Waals surface area contributed by atoms with Crippen molar-refractivity contribution in [1.29, 1.82) is 0 Å². The molecule has 0 aromatic carbocycles. The first-order valence-corrected chi connectivity index (χ1v) is 7.54. The van der Waals surface area contributed by atoms with Crippen LogP contribution in [-0.4, -0.2) is 16.9 Å². The third-order valence-electron chi connectivity index (χ3n) is 2.80. The fourth-order valence-electron chi connectivity index (χ4n) is 1.82. The van der Waals surface area contributed by atoms with E-state index < -0.39 is 51.2 Å². The Kier molecular flexibility index (Phi) is 5.47. The Hall–Kier alpha value is -2.01. The van der Waals surface area contributed by atoms with Gasteiger partial charge in [-0.05, 0) is 6.07 Å². The Labute approximate surface area is 144 Å². The van der Waals surface area contributed by atoms with Crippen molar-refractivity contribution in [3.63, 3.8) is 0 Å². The molecule has 25 heavy (non-hydrogen) atoms. The molecule has 0 fully saturated rings. The summed E-state index contributed by atoms with van der Waals surface area (Å²) in [6.07, 6.45) is -6.94. The molecule has 1 N–H and O–H groups in total. The first kappa shape index (κ1) is 19.3. The number of hydrogen-bond acceptors (Lipinski definition) is 3. The summed E-state index contributed by atoms with van der Waals surface area (Å²) in [4.78, 5) is 21.7. The van der Waals surface area contributed by atoms with Gasteiger partial charge in [-0.3, -0.25) is 9.59 Å². The molecule has 4 nitrogen and oxygen atoms in total. The predicted molar refractivity (Wildman–Crippen MR) is 78.9 cm³/mol. The second-order valence-corrected chi connectivity index (χ2v) is 6.12. The van der Waals surface area contributed by atoms with Crippen LogP contribution < -0.4 is 10.9 Å². The normalized spacial score (nSPS) is 11.8. The number of carbonyl (C=O) groups is 1. The largest absolute Gasteiger partial charge is 0.427 e. The number of rotatable bonds is 4. The van der Waals surface area contributed by atoms with E-state index >= 15 is 0 Å². The number of nitrogens with zero attached hydrogens (tertiary/aromatic N) is 1. The molecule has 2 heterocycles. The molecule has 1 amide bonds. The summed E-state index contributed by atoms with van der Waals surface area (Å²) in [5.74, 6) is -2.47. The molecule has 0 aliphatic heterocycles. The molecule has 2 aromatic rings. The van der Waals surface area contributed by atoms with E-state index in [0.29, 0.717) is 10.6 Å². The van der Waals surface area contributed by atoms with Gasteiger partial charge >= 0.3 is 6.18 Å². The smallest absolute Gasteiger partial charge is 0.320 e. The lowest BCUT2D eigenvalue weighted by Crippen LogP contribution is -2.26. The summed E-state index contributed by atoms with van der Waals surface area (Å²) in [6.45, 7) is -1.11. The van der Waals surface area contributed by atoms with Gasteiger partial charge < -0.3 is 9.88 Å². The van der Waals surface area contributed by atoms with E-state index in [9.17, 15) is 35.9 Å². The van der Waals surface area contributed by atoms with Crippen LogP contribution >= 0.6 is 22.9 Å². The van der Waals surface area contributed by atoms with Crippen molar-refractivity contribution in [3.05, 3.63) is 49.3 Å². The van der Waals surface area contributed by atoms with Crippen LogP contribution in [-0.2, 0) is 12.7 Å². The van der Waals surface area contributed by atoms with Gasteiger partial charge in [-0.15, -0.1) is 11.3 Å². The fraction of sp³-hybridized carbons (Fsp3) is 0.231. The number of thiophene rings is 1. The Morgan fingerprint density at radius 3 is 2.48 bits per heavy atom. The van der Waals surface area contributed by atoms with Crippen molar-refractivity contribution in [1.82, 2.24) is 4.57 Å². The van der Waals surface area contributed by atoms with Crippen molar-refractivity contribution in [3.8, 4) is 0 Å². The zero-order valence-electron chi connectivity index (χ0n) is 11.8. The molecule has 0 aliphatic carbocycles. The van der Waals surface area contributed by atoms with Crippen LogP contribution in [0.1, 0.15) is 14.5 Å². The van der Waals surface area contributed by atoms with Gasteiger partial charge in [-0.1, -0.05) is 11.6 Å². The van der Waals surface area contributed by atoms with E-state index in [1.54, 1.807) is 0 Å². The number of anilines is 1. The average Bonchev–Trinajstić information content (AvgIpc) is 2.86. The van der Waals surface area contributed by atoms with Crippen molar-refractivity contribution in [2.45, 2.75) is 19.1 Å². The highest BCUT2D eigenvalue weighted by molar-refractivity contribution is 7.14. The summed E-state index contributed by atoms with van der Waals surface area (Å²) in [6, 6.07) is 1.35. The molecule has 0 saturated carbocycles. The van der Waals surface area contributed by atoms with Gasteiger partial charge in [0.05, 0.1) is 22.1 Å². The second-order valence-electron chi connectivity index (χ2n) is 4.66. The molecule has 0 unspecified atom stereocenters. The molecule has 0 spiro atoms. The monoisotopic (exact) mass is 404 g/mol. The number of hydrogen-bond donors (Lipinski definition) is 1. The maximum Gasteiger partial charge on any atom is 0.427 e. The van der Waals surface area contributed by atoms with Crippen LogP contribution in [0, 0.1) is 5.82 Å². The van der Waals surface area contributed by atoms with Gasteiger partial charge in [0.25, 0.3) is 17.9 Å². The lowest BCUT2D eigenvalue weighted by Gasteiger charge is -2.09. The molecular formula is C13H7ClF6N2O2S. The van der Waals surface area contributed by atoms with Gasteiger partial charge in [0, 0.05) is 12.3 Å². The SMILES string of the molecule is O=C(Nc1cc(F)c(=O)n(CC(F)F)c1)c1cc(Cl)c(C(F)(F)F)s1. The highest BCUT2D eigenvalue weighted by Gasteiger charge is 2.36. The molecule has 2 aromatic heterocycles. The zero-order valence-corrected chi connectivity index (χ0v) is 13.4. The lowest BCUT2D eigenvalue weighted by molar-refractivity contribution is -0.134. The van der Waals surface area contributed by atoms with Crippen LogP contribution in [0.5, 0.6) is 0 Å². The summed E-state index contributed by atoms with van der Waals surface area (Å²) >= 11 is 5.49. The number of alkyl halides is 5. The summed E-state index contributed by atoms with van der Waals surface area (Å²) < 4.78 is 76.5. The van der Waals surface area contributed by atoms with E-state index in [1.165, 1.54) is 0 Å². The van der Waals surface area contributed by atoms with E-state index in [4.69, 9.17) is 11.6 Å². The molecule has 12 heteroatoms. The first-order chi connectivity index (χ1) is 11.5. The van der Waals surface area contributed by atoms with Gasteiger partial charge in [0.15, 0.2) is 5.82 Å². The molecule has 2 rings (SSSR count). The Balaban J connectivity index is 2.29. The Morgan fingerprint density at radius 2 is 1.96 bits per heavy atom. The predicted octanol–water partition coefficient (Wildman–Crippen LogP) is 4.24. The molecule has 0 aliphatic rings. The van der Waals surface area contributed by atoms with Crippen molar-refractivity contribution in [2.24, 2.45) is 0 Å². The summed E-state index contributed by atoms with van der Waals surface area (Å²) in [5.41, 5.74) is -1.70. The highest BCUT2D eigenvalue weighted by atomic mass is 35.5. The number of pyridine rings is 1. The van der Waals surface area contributed by atoms with Crippen molar-refractivity contribution in [2.75, 3.05) is 5.32 Å². The minimum Gasteiger partial charge on any atom is -0.320 e. The van der Waals surface area contributed by atoms with Crippen LogP contribution in [0.15, 0.2) is 23.1 Å². The van der Waals surface area contributed by atoms with Crippen LogP contribution in [0.2, 0.25) is 5.02 Å². The van der Waals surface area contributed by atoms with E-state index in [0.717, 1.165) is 12.3 Å². The van der Waals surface area contributed by atoms with E-state index in [1.807, 2.05) is 5.32 Å². The number of amides is 1. The molecule has 0 saturated heterocycles. The van der Waals surface area contributed by atoms with Crippen LogP contribution in [0.3, 0.4) is 0 Å². The number of nitrogens with one attached hydrogen (secondary N) is 1. The molecule has 0 bridgehead atoms. The fourth-order valence-corrected chi connectivity index (χ4v) is 3.03. The number of halogens is 7. The summed E-state index contributed by atoms with van der Waals surface area (Å²) in [5, 5.41) is 1.35. The van der Waals surface area contributed by atoms with Gasteiger partial charge in [0.1, 0.15) is 4.88 Å². The Bertz CT molecular complexity index is 861. The minimum atomic E-state index is -4.75. The third kappa shape index (κ3) is 4.54. The zero-order chi connectivity index (χ0) is 18.9. The third-order valence-corrected chi connectivity index (χ3v) is 4.39. The number of carbonyl (C=O) groups excluding carboxylic acids is 1. The second kappa shape index (κ2) is 7.08. The van der Waals surface area contributed by atoms with E-state index in [2.05, 4.69) is 0 Å². The van der Waals surface area contributed by atoms with Crippen LogP contribution in [0.25, 0.3) is 0 Å². The van der Waals surface area contributed by atoms with E-state index in [-0.39, 0.29) is 17.0 Å². The number of aromatic nitrogens is 1. The topological polar surface area (TPSA) is 51.1 Å². The molecular weight excluding hydrogens is 398 g/mol. The standard InChI is InChI=1S/C13H7ClF6N2O2S/c14-6-2-8(25-10(6)13(18,19)20)11(23)21-5-1-7(15)12(24)22(3-5)4-9(16)17/h1-3,9H,4H2,(H,21,23).